The Balaban J connectivity index is 1.53. The van der Waals surface area contributed by atoms with Crippen LogP contribution in [-0.4, -0.2) is 68.9 Å². The van der Waals surface area contributed by atoms with Crippen molar-refractivity contribution >= 4 is 10.5 Å². The summed E-state index contributed by atoms with van der Waals surface area (Å²) < 4.78 is 27.0. The highest BCUT2D eigenvalue weighted by Gasteiger charge is 2.25. The lowest BCUT2D eigenvalue weighted by Gasteiger charge is -2.29. The van der Waals surface area contributed by atoms with Gasteiger partial charge in [-0.15, -0.1) is 0 Å². The molecular formula is C16H32O5Si. The first kappa shape index (κ1) is 18.4. The lowest BCUT2D eigenvalue weighted by Crippen LogP contribution is -2.21. The quantitative estimate of drug-likeness (QED) is 0.255. The van der Waals surface area contributed by atoms with Crippen LogP contribution in [-0.2, 0) is 23.4 Å². The maximum atomic E-state index is 5.65. The Labute approximate surface area is 137 Å². The second-order valence-corrected chi connectivity index (χ2v) is 7.40. The fraction of sp³-hybridized carbons (Fsp3) is 1.00. The van der Waals surface area contributed by atoms with Gasteiger partial charge in [-0.2, -0.15) is 0 Å². The van der Waals surface area contributed by atoms with Gasteiger partial charge >= 0.3 is 0 Å². The van der Waals surface area contributed by atoms with Crippen LogP contribution in [0.2, 0.25) is 0 Å². The summed E-state index contributed by atoms with van der Waals surface area (Å²) in [4.78, 5) is 0. The number of ether oxygens (including phenoxy) is 4. The summed E-state index contributed by atoms with van der Waals surface area (Å²) in [5, 5.41) is 0. The number of hydrogen-bond donors (Lipinski definition) is 0. The fourth-order valence-electron chi connectivity index (χ4n) is 2.68. The zero-order valence-electron chi connectivity index (χ0n) is 14.2. The van der Waals surface area contributed by atoms with E-state index in [0.29, 0.717) is 17.6 Å². The minimum Gasteiger partial charge on any atom is -0.428 e. The first-order valence-electron chi connectivity index (χ1n) is 8.59. The lowest BCUT2D eigenvalue weighted by atomic mass is 9.78. The van der Waals surface area contributed by atoms with Crippen molar-refractivity contribution in [3.05, 3.63) is 0 Å². The van der Waals surface area contributed by atoms with Crippen LogP contribution in [0.25, 0.3) is 0 Å². The highest BCUT2D eigenvalue weighted by Crippen LogP contribution is 2.33. The molecule has 0 spiro atoms. The molecule has 2 heterocycles. The van der Waals surface area contributed by atoms with Gasteiger partial charge in [-0.1, -0.05) is 6.92 Å². The van der Waals surface area contributed by atoms with Crippen LogP contribution >= 0.6 is 0 Å². The van der Waals surface area contributed by atoms with Gasteiger partial charge in [0.05, 0.1) is 26.4 Å². The zero-order chi connectivity index (χ0) is 15.7. The molecule has 2 fully saturated rings. The minimum absolute atomic E-state index is 0.337. The first-order valence-corrected chi connectivity index (χ1v) is 9.41. The molecule has 2 aliphatic heterocycles. The molecule has 130 valence electrons. The summed E-state index contributed by atoms with van der Waals surface area (Å²) in [6.07, 6.45) is 6.48. The largest absolute Gasteiger partial charge is 0.428 e. The number of hydrogen-bond acceptors (Lipinski definition) is 5. The van der Waals surface area contributed by atoms with Gasteiger partial charge in [0.15, 0.2) is 0 Å². The number of epoxide rings is 2. The average Bonchev–Trinajstić information content (AvgIpc) is 3.38. The van der Waals surface area contributed by atoms with Gasteiger partial charge in [0.1, 0.15) is 22.7 Å². The van der Waals surface area contributed by atoms with Gasteiger partial charge in [0.25, 0.3) is 0 Å². The van der Waals surface area contributed by atoms with E-state index in [1.54, 1.807) is 0 Å². The zero-order valence-corrected chi connectivity index (χ0v) is 16.2. The van der Waals surface area contributed by atoms with Crippen LogP contribution in [0.15, 0.2) is 0 Å². The van der Waals surface area contributed by atoms with Crippen LogP contribution < -0.4 is 0 Å². The van der Waals surface area contributed by atoms with Gasteiger partial charge in [0.2, 0.25) is 0 Å². The molecule has 0 aromatic heterocycles. The van der Waals surface area contributed by atoms with Crippen molar-refractivity contribution in [1.29, 1.82) is 0 Å². The van der Waals surface area contributed by atoms with E-state index in [4.69, 9.17) is 23.4 Å². The molecule has 0 bridgehead atoms. The Morgan fingerprint density at radius 2 is 1.41 bits per heavy atom. The molecular weight excluding hydrogens is 300 g/mol. The van der Waals surface area contributed by atoms with E-state index in [1.165, 1.54) is 12.8 Å². The predicted octanol–water partition coefficient (Wildman–Crippen LogP) is 1.07. The van der Waals surface area contributed by atoms with Crippen LogP contribution in [0.4, 0.5) is 0 Å². The Kier molecular flexibility index (Phi) is 8.35. The summed E-state index contributed by atoms with van der Waals surface area (Å²) in [5.74, 6) is 0. The average molecular weight is 333 g/mol. The van der Waals surface area contributed by atoms with Crippen LogP contribution in [0.1, 0.15) is 39.0 Å². The topological polar surface area (TPSA) is 52.8 Å². The van der Waals surface area contributed by atoms with Gasteiger partial charge in [-0.3, -0.25) is 0 Å². The van der Waals surface area contributed by atoms with Crippen molar-refractivity contribution in [2.45, 2.75) is 51.2 Å². The minimum atomic E-state index is 0.337. The van der Waals surface area contributed by atoms with Crippen LogP contribution in [0.5, 0.6) is 0 Å². The third kappa shape index (κ3) is 8.60. The van der Waals surface area contributed by atoms with Crippen molar-refractivity contribution in [2.24, 2.45) is 5.41 Å². The molecule has 0 N–H and O–H groups in total. The second kappa shape index (κ2) is 10.0. The monoisotopic (exact) mass is 332 g/mol. The van der Waals surface area contributed by atoms with Crippen LogP contribution in [0.3, 0.4) is 0 Å². The molecule has 5 nitrogen and oxygen atoms in total. The van der Waals surface area contributed by atoms with Gasteiger partial charge in [0, 0.05) is 19.8 Å². The Bertz CT molecular complexity index is 272. The molecule has 2 rings (SSSR count). The van der Waals surface area contributed by atoms with E-state index < -0.39 is 0 Å². The third-order valence-corrected chi connectivity index (χ3v) is 4.87. The molecule has 0 aromatic rings. The Hall–Kier alpha value is 0.0169. The first-order chi connectivity index (χ1) is 10.7. The van der Waals surface area contributed by atoms with Crippen molar-refractivity contribution < 1.29 is 23.4 Å². The molecule has 2 saturated heterocycles. The second-order valence-electron chi connectivity index (χ2n) is 6.82. The molecule has 0 saturated carbocycles. The Morgan fingerprint density at radius 3 is 1.82 bits per heavy atom. The van der Waals surface area contributed by atoms with E-state index in [-0.39, 0.29) is 0 Å². The highest BCUT2D eigenvalue weighted by atomic mass is 28.2. The summed E-state index contributed by atoms with van der Waals surface area (Å²) in [6.45, 7) is 8.22. The third-order valence-electron chi connectivity index (χ3n) is 4.46. The van der Waals surface area contributed by atoms with Crippen molar-refractivity contribution in [3.8, 4) is 0 Å². The summed E-state index contributed by atoms with van der Waals surface area (Å²) in [7, 11) is 0.827. The maximum Gasteiger partial charge on any atom is 0.145 e. The fourth-order valence-corrected chi connectivity index (χ4v) is 2.89. The van der Waals surface area contributed by atoms with Gasteiger partial charge in [-0.25, -0.2) is 0 Å². The predicted molar refractivity (Wildman–Crippen MR) is 88.2 cm³/mol. The highest BCUT2D eigenvalue weighted by molar-refractivity contribution is 5.97. The van der Waals surface area contributed by atoms with E-state index in [0.717, 1.165) is 76.0 Å². The molecule has 22 heavy (non-hydrogen) atoms. The van der Waals surface area contributed by atoms with Gasteiger partial charge in [-0.05, 0) is 37.5 Å². The molecule has 2 unspecified atom stereocenters. The lowest BCUT2D eigenvalue weighted by molar-refractivity contribution is 0.0845. The van der Waals surface area contributed by atoms with Crippen molar-refractivity contribution in [2.75, 3.05) is 46.2 Å². The van der Waals surface area contributed by atoms with E-state index >= 15 is 0 Å². The summed E-state index contributed by atoms with van der Waals surface area (Å²) >= 11 is 0. The molecule has 0 amide bonds. The molecule has 0 radical (unpaired) electrons. The van der Waals surface area contributed by atoms with Gasteiger partial charge < -0.3 is 23.4 Å². The maximum absolute atomic E-state index is 5.65. The summed E-state index contributed by atoms with van der Waals surface area (Å²) in [5.41, 5.74) is 0.337. The summed E-state index contributed by atoms with van der Waals surface area (Å²) in [6, 6.07) is 0. The van der Waals surface area contributed by atoms with Crippen molar-refractivity contribution in [3.63, 3.8) is 0 Å². The van der Waals surface area contributed by atoms with E-state index in [1.807, 2.05) is 0 Å². The van der Waals surface area contributed by atoms with Crippen molar-refractivity contribution in [1.82, 2.24) is 0 Å². The molecule has 6 heteroatoms. The van der Waals surface area contributed by atoms with E-state index in [9.17, 15) is 0 Å². The normalized spacial score (nSPS) is 26.0. The molecule has 2 atom stereocenters. The standard InChI is InChI=1S/C16H32O5Si/c1-16(6-9-21-22,4-2-7-17-10-14-12-19-14)5-3-8-18-11-15-13-20-15/h14-15H,2-13H2,1,22H3. The molecule has 0 aromatic carbocycles. The Morgan fingerprint density at radius 1 is 0.909 bits per heavy atom. The van der Waals surface area contributed by atoms with E-state index in [2.05, 4.69) is 6.92 Å². The molecule has 2 aliphatic rings. The smallest absolute Gasteiger partial charge is 0.145 e. The molecule has 0 aliphatic carbocycles. The number of rotatable bonds is 15. The van der Waals surface area contributed by atoms with Crippen LogP contribution in [0, 0.1) is 5.41 Å². The SMILES string of the molecule is CC(CCCOCC1CO1)(CCCOCC1CO1)CCO[SiH3].